The number of rotatable bonds is 9. The van der Waals surface area contributed by atoms with E-state index in [4.69, 9.17) is 9.84 Å². The Morgan fingerprint density at radius 2 is 1.70 bits per heavy atom. The summed E-state index contributed by atoms with van der Waals surface area (Å²) in [6.45, 7) is 4.07. The molecule has 0 bridgehead atoms. The molecular weight excluding hydrogens is 420 g/mol. The van der Waals surface area contributed by atoms with Crippen molar-refractivity contribution in [3.05, 3.63) is 59.7 Å². The van der Waals surface area contributed by atoms with E-state index in [-0.39, 0.29) is 42.9 Å². The lowest BCUT2D eigenvalue weighted by Crippen LogP contribution is -2.43. The van der Waals surface area contributed by atoms with Crippen LogP contribution in [0.15, 0.2) is 48.5 Å². The number of nitrogens with zero attached hydrogens (tertiary/aromatic N) is 1. The minimum absolute atomic E-state index is 0.00138. The van der Waals surface area contributed by atoms with Gasteiger partial charge >= 0.3 is 12.1 Å². The van der Waals surface area contributed by atoms with Crippen molar-refractivity contribution in [2.45, 2.75) is 38.6 Å². The first kappa shape index (κ1) is 22.8. The molecule has 1 saturated carbocycles. The van der Waals surface area contributed by atoms with Gasteiger partial charge in [-0.1, -0.05) is 55.5 Å². The number of fused-ring (bicyclic) bond motifs is 3. The highest BCUT2D eigenvalue weighted by atomic mass is 16.5. The number of carboxylic acid groups (broad SMARTS) is 1. The molecule has 0 saturated heterocycles. The Hall–Kier alpha value is -3.35. The smallest absolute Gasteiger partial charge is 0.407 e. The summed E-state index contributed by atoms with van der Waals surface area (Å²) in [5.41, 5.74) is 4.66. The van der Waals surface area contributed by atoms with Crippen LogP contribution in [-0.2, 0) is 14.3 Å². The van der Waals surface area contributed by atoms with Crippen molar-refractivity contribution in [1.82, 2.24) is 10.2 Å². The molecule has 2 aromatic rings. The Morgan fingerprint density at radius 1 is 1.09 bits per heavy atom. The van der Waals surface area contributed by atoms with Crippen LogP contribution in [0.5, 0.6) is 0 Å². The van der Waals surface area contributed by atoms with Gasteiger partial charge < -0.3 is 20.1 Å². The third-order valence-corrected chi connectivity index (χ3v) is 6.80. The molecule has 1 unspecified atom stereocenters. The summed E-state index contributed by atoms with van der Waals surface area (Å²) in [5.74, 6) is -1.40. The van der Waals surface area contributed by atoms with Crippen molar-refractivity contribution in [2.24, 2.45) is 11.8 Å². The van der Waals surface area contributed by atoms with Crippen molar-refractivity contribution < 1.29 is 24.2 Å². The van der Waals surface area contributed by atoms with Crippen LogP contribution in [0.25, 0.3) is 11.1 Å². The maximum absolute atomic E-state index is 12.7. The second kappa shape index (κ2) is 9.65. The van der Waals surface area contributed by atoms with Crippen LogP contribution in [-0.4, -0.2) is 53.7 Å². The van der Waals surface area contributed by atoms with Crippen LogP contribution < -0.4 is 5.32 Å². The summed E-state index contributed by atoms with van der Waals surface area (Å²) >= 11 is 0. The van der Waals surface area contributed by atoms with Crippen LogP contribution in [0.4, 0.5) is 4.79 Å². The first-order valence-corrected chi connectivity index (χ1v) is 11.5. The van der Waals surface area contributed by atoms with Crippen LogP contribution in [0.1, 0.15) is 43.7 Å². The molecule has 174 valence electrons. The number of carbonyl (C=O) groups excluding carboxylic acids is 2. The van der Waals surface area contributed by atoms with E-state index >= 15 is 0 Å². The quantitative estimate of drug-likeness (QED) is 0.605. The van der Waals surface area contributed by atoms with Gasteiger partial charge in [0.1, 0.15) is 13.2 Å². The van der Waals surface area contributed by atoms with Crippen LogP contribution in [0.3, 0.4) is 0 Å². The van der Waals surface area contributed by atoms with Crippen LogP contribution in [0, 0.1) is 11.8 Å². The second-order valence-corrected chi connectivity index (χ2v) is 8.93. The fraction of sp³-hybridized carbons (Fsp3) is 0.423. The molecule has 2 amide bonds. The summed E-state index contributed by atoms with van der Waals surface area (Å²) in [7, 11) is 0. The second-order valence-electron chi connectivity index (χ2n) is 8.93. The Labute approximate surface area is 193 Å². The number of aliphatic carboxylic acids is 1. The highest BCUT2D eigenvalue weighted by Crippen LogP contribution is 2.44. The van der Waals surface area contributed by atoms with Gasteiger partial charge in [0.15, 0.2) is 0 Å². The highest BCUT2D eigenvalue weighted by molar-refractivity contribution is 5.85. The standard InChI is InChI=1S/C26H30N2O5/c1-3-16(2)28(14-24(29)30)25(31)22-12-17(22)13-27-26(32)33-15-23-20-10-6-4-8-18(20)19-9-5-7-11-21(19)23/h4-11,16-17,22-23H,3,12-15H2,1-2H3,(H,27,32)(H,29,30)/t16?,17-,22-/m0/s1. The van der Waals surface area contributed by atoms with Gasteiger partial charge in [0.25, 0.3) is 0 Å². The number of hydrogen-bond acceptors (Lipinski definition) is 4. The summed E-state index contributed by atoms with van der Waals surface area (Å²) < 4.78 is 5.55. The minimum atomic E-state index is -1.02. The molecule has 2 aliphatic carbocycles. The van der Waals surface area contributed by atoms with Gasteiger partial charge in [0.2, 0.25) is 5.91 Å². The van der Waals surface area contributed by atoms with E-state index < -0.39 is 12.1 Å². The highest BCUT2D eigenvalue weighted by Gasteiger charge is 2.46. The van der Waals surface area contributed by atoms with Crippen molar-refractivity contribution in [1.29, 1.82) is 0 Å². The first-order chi connectivity index (χ1) is 15.9. The molecule has 7 nitrogen and oxygen atoms in total. The Kier molecular flexibility index (Phi) is 6.67. The van der Waals surface area contributed by atoms with Crippen LogP contribution in [0.2, 0.25) is 0 Å². The predicted molar refractivity (Wildman–Crippen MR) is 124 cm³/mol. The molecule has 0 heterocycles. The molecule has 3 atom stereocenters. The van der Waals surface area contributed by atoms with Crippen molar-refractivity contribution in [3.63, 3.8) is 0 Å². The average molecular weight is 451 g/mol. The predicted octanol–water partition coefficient (Wildman–Crippen LogP) is 3.87. The molecule has 0 spiro atoms. The average Bonchev–Trinajstić information content (AvgIpc) is 3.53. The number of alkyl carbamates (subject to hydrolysis) is 1. The molecule has 0 aliphatic heterocycles. The Morgan fingerprint density at radius 3 is 2.27 bits per heavy atom. The van der Waals surface area contributed by atoms with E-state index in [2.05, 4.69) is 29.6 Å². The van der Waals surface area contributed by atoms with Gasteiger partial charge in [-0.25, -0.2) is 4.79 Å². The maximum Gasteiger partial charge on any atom is 0.407 e. The third-order valence-electron chi connectivity index (χ3n) is 6.80. The Balaban J connectivity index is 1.28. The summed E-state index contributed by atoms with van der Waals surface area (Å²) in [4.78, 5) is 37.7. The van der Waals surface area contributed by atoms with Gasteiger partial charge in [-0.3, -0.25) is 9.59 Å². The number of hydrogen-bond donors (Lipinski definition) is 2. The third kappa shape index (κ3) is 4.87. The molecule has 2 N–H and O–H groups in total. The van der Waals surface area contributed by atoms with Gasteiger partial charge in [-0.15, -0.1) is 0 Å². The number of carbonyl (C=O) groups is 3. The first-order valence-electron chi connectivity index (χ1n) is 11.5. The molecule has 0 aromatic heterocycles. The van der Waals surface area contributed by atoms with Crippen molar-refractivity contribution >= 4 is 18.0 Å². The SMILES string of the molecule is CCC(C)N(CC(=O)O)C(=O)[C@H]1C[C@H]1CNC(=O)OCC1c2ccccc2-c2ccccc21. The minimum Gasteiger partial charge on any atom is -0.480 e. The van der Waals surface area contributed by atoms with Crippen LogP contribution >= 0.6 is 0 Å². The van der Waals surface area contributed by atoms with Gasteiger partial charge in [0, 0.05) is 24.4 Å². The van der Waals surface area contributed by atoms with Gasteiger partial charge in [-0.2, -0.15) is 0 Å². The topological polar surface area (TPSA) is 95.9 Å². The maximum atomic E-state index is 12.7. The zero-order valence-electron chi connectivity index (χ0n) is 19.0. The van der Waals surface area contributed by atoms with E-state index in [0.29, 0.717) is 19.4 Å². The number of nitrogens with one attached hydrogen (secondary N) is 1. The molecule has 33 heavy (non-hydrogen) atoms. The zero-order chi connectivity index (χ0) is 23.5. The molecule has 2 aliphatic rings. The zero-order valence-corrected chi connectivity index (χ0v) is 19.0. The van der Waals surface area contributed by atoms with E-state index in [1.54, 1.807) is 0 Å². The largest absolute Gasteiger partial charge is 0.480 e. The van der Waals surface area contributed by atoms with Gasteiger partial charge in [-0.05, 0) is 47.9 Å². The fourth-order valence-electron chi connectivity index (χ4n) is 4.67. The summed E-state index contributed by atoms with van der Waals surface area (Å²) in [6, 6.07) is 16.2. The molecule has 2 aromatic carbocycles. The molecule has 1 fully saturated rings. The van der Waals surface area contributed by atoms with Gasteiger partial charge in [0.05, 0.1) is 0 Å². The molecule has 7 heteroatoms. The Bertz CT molecular complexity index is 1010. The number of amides is 2. The summed E-state index contributed by atoms with van der Waals surface area (Å²) in [6.07, 6.45) is 0.836. The molecule has 4 rings (SSSR count). The lowest BCUT2D eigenvalue weighted by molar-refractivity contribution is -0.146. The lowest BCUT2D eigenvalue weighted by Gasteiger charge is -2.27. The molecule has 0 radical (unpaired) electrons. The van der Waals surface area contributed by atoms with E-state index in [0.717, 1.165) is 11.1 Å². The van der Waals surface area contributed by atoms with E-state index in [1.165, 1.54) is 16.0 Å². The molecular formula is C26H30N2O5. The van der Waals surface area contributed by atoms with Crippen molar-refractivity contribution in [3.8, 4) is 11.1 Å². The number of carboxylic acids is 1. The van der Waals surface area contributed by atoms with Crippen molar-refractivity contribution in [2.75, 3.05) is 19.7 Å². The lowest BCUT2D eigenvalue weighted by atomic mass is 9.98. The van der Waals surface area contributed by atoms with E-state index in [1.807, 2.05) is 38.1 Å². The number of ether oxygens (including phenoxy) is 1. The monoisotopic (exact) mass is 450 g/mol. The van der Waals surface area contributed by atoms with E-state index in [9.17, 15) is 14.4 Å². The number of benzene rings is 2. The normalized spacial score (nSPS) is 19.2. The summed E-state index contributed by atoms with van der Waals surface area (Å²) in [5, 5.41) is 11.9. The fourth-order valence-corrected chi connectivity index (χ4v) is 4.67.